The molecule has 4 amide bonds. The number of allylic oxidation sites excluding steroid dienone is 2. The lowest BCUT2D eigenvalue weighted by Crippen LogP contribution is -2.51. The van der Waals surface area contributed by atoms with Gasteiger partial charge in [0.25, 0.3) is 0 Å². The molecule has 4 rings (SSSR count). The first-order valence-corrected chi connectivity index (χ1v) is 13.7. The normalized spacial score (nSPS) is 29.9. The third-order valence-corrected chi connectivity index (χ3v) is 8.20. The van der Waals surface area contributed by atoms with Crippen molar-refractivity contribution in [3.63, 3.8) is 0 Å². The van der Waals surface area contributed by atoms with E-state index < -0.39 is 24.1 Å². The molecule has 0 aromatic heterocycles. The number of likely N-dealkylation sites (tertiary alicyclic amines) is 1. The Labute approximate surface area is 218 Å². The molecule has 2 saturated heterocycles. The predicted molar refractivity (Wildman–Crippen MR) is 135 cm³/mol. The predicted octanol–water partition coefficient (Wildman–Crippen LogP) is 1.40. The zero-order chi connectivity index (χ0) is 26.5. The summed E-state index contributed by atoms with van der Waals surface area (Å²) in [6.45, 7) is 5.82. The van der Waals surface area contributed by atoms with Gasteiger partial charge in [0.1, 0.15) is 18.9 Å². The van der Waals surface area contributed by atoms with E-state index in [2.05, 4.69) is 28.1 Å². The van der Waals surface area contributed by atoms with E-state index in [0.29, 0.717) is 56.4 Å². The highest BCUT2D eigenvalue weighted by molar-refractivity contribution is 5.88. The molecule has 37 heavy (non-hydrogen) atoms. The van der Waals surface area contributed by atoms with Crippen molar-refractivity contribution in [1.29, 1.82) is 0 Å². The van der Waals surface area contributed by atoms with Crippen LogP contribution in [0.4, 0.5) is 4.79 Å². The standard InChI is InChI=1S/C27H40N4O6/c1-16(2)9-23(25(34)29-22(14-32)12-19-5-7-28-24(19)33)30-27(36)37-15-20-6-8-31(26(20)35)13-21-11-17-3-4-18(21)10-17/h3-4,14,16-23H,5-13,15H2,1-2H3,(H,28,33)(H,29,34)(H,30,36)/t17-,18+,19-,20?,21+,22-,23-/m0/s1. The molecule has 4 aliphatic rings. The number of nitrogens with one attached hydrogen (secondary N) is 3. The summed E-state index contributed by atoms with van der Waals surface area (Å²) in [7, 11) is 0. The Kier molecular flexibility index (Phi) is 8.87. The van der Waals surface area contributed by atoms with Crippen molar-refractivity contribution < 1.29 is 28.7 Å². The van der Waals surface area contributed by atoms with E-state index in [9.17, 15) is 24.0 Å². The third kappa shape index (κ3) is 6.90. The summed E-state index contributed by atoms with van der Waals surface area (Å²) in [5.74, 6) is 0.592. The van der Waals surface area contributed by atoms with Gasteiger partial charge in [-0.3, -0.25) is 14.4 Å². The molecule has 3 fully saturated rings. The van der Waals surface area contributed by atoms with Crippen LogP contribution in [0.1, 0.15) is 52.4 Å². The Bertz CT molecular complexity index is 921. The van der Waals surface area contributed by atoms with Crippen LogP contribution in [0.3, 0.4) is 0 Å². The van der Waals surface area contributed by atoms with Crippen molar-refractivity contribution >= 4 is 30.1 Å². The lowest BCUT2D eigenvalue weighted by Gasteiger charge is -2.25. The number of rotatable bonds is 12. The summed E-state index contributed by atoms with van der Waals surface area (Å²) in [5, 5.41) is 7.99. The second-order valence-electron chi connectivity index (χ2n) is 11.5. The number of alkyl carbamates (subject to hydrolysis) is 1. The number of amides is 4. The summed E-state index contributed by atoms with van der Waals surface area (Å²) in [6, 6.07) is -1.71. The number of hydrogen-bond donors (Lipinski definition) is 3. The molecule has 0 radical (unpaired) electrons. The van der Waals surface area contributed by atoms with Gasteiger partial charge in [0, 0.05) is 25.6 Å². The fourth-order valence-corrected chi connectivity index (χ4v) is 6.20. The molecular weight excluding hydrogens is 476 g/mol. The largest absolute Gasteiger partial charge is 0.449 e. The second kappa shape index (κ2) is 12.1. The molecule has 2 aliphatic heterocycles. The van der Waals surface area contributed by atoms with Crippen LogP contribution in [0.15, 0.2) is 12.2 Å². The van der Waals surface area contributed by atoms with Gasteiger partial charge in [-0.25, -0.2) is 4.79 Å². The van der Waals surface area contributed by atoms with Crippen molar-refractivity contribution in [1.82, 2.24) is 20.9 Å². The van der Waals surface area contributed by atoms with Crippen LogP contribution in [0.25, 0.3) is 0 Å². The highest BCUT2D eigenvalue weighted by Crippen LogP contribution is 2.44. The van der Waals surface area contributed by atoms with Gasteiger partial charge in [-0.05, 0) is 62.2 Å². The van der Waals surface area contributed by atoms with Gasteiger partial charge in [0.2, 0.25) is 17.7 Å². The lowest BCUT2D eigenvalue weighted by atomic mass is 9.93. The summed E-state index contributed by atoms with van der Waals surface area (Å²) >= 11 is 0. The maximum absolute atomic E-state index is 12.9. The average molecular weight is 517 g/mol. The van der Waals surface area contributed by atoms with Crippen molar-refractivity contribution in [3.8, 4) is 0 Å². The van der Waals surface area contributed by atoms with E-state index in [1.165, 1.54) is 6.42 Å². The number of nitrogens with zero attached hydrogens (tertiary/aromatic N) is 1. The highest BCUT2D eigenvalue weighted by Gasteiger charge is 2.40. The van der Waals surface area contributed by atoms with Gasteiger partial charge < -0.3 is 30.4 Å². The minimum Gasteiger partial charge on any atom is -0.449 e. The molecule has 0 spiro atoms. The van der Waals surface area contributed by atoms with Crippen LogP contribution < -0.4 is 16.0 Å². The van der Waals surface area contributed by atoms with Crippen molar-refractivity contribution in [2.75, 3.05) is 26.2 Å². The summed E-state index contributed by atoms with van der Waals surface area (Å²) in [6.07, 6.45) is 8.63. The van der Waals surface area contributed by atoms with Crippen LogP contribution in [-0.2, 0) is 23.9 Å². The summed E-state index contributed by atoms with van der Waals surface area (Å²) < 4.78 is 5.37. The Hall–Kier alpha value is -2.91. The Morgan fingerprint density at radius 1 is 1.16 bits per heavy atom. The third-order valence-electron chi connectivity index (χ3n) is 8.20. The van der Waals surface area contributed by atoms with Crippen LogP contribution in [0.2, 0.25) is 0 Å². The SMILES string of the molecule is CC(C)C[C@H](NC(=O)OCC1CCN(C[C@H]2C[C@H]3C=C[C@@H]2C3)C1=O)C(=O)N[C@H](C=O)C[C@@H]1CCNC1=O. The van der Waals surface area contributed by atoms with Gasteiger partial charge in [-0.15, -0.1) is 0 Å². The lowest BCUT2D eigenvalue weighted by molar-refractivity contribution is -0.132. The Morgan fingerprint density at radius 3 is 2.59 bits per heavy atom. The maximum atomic E-state index is 12.9. The number of hydrogen-bond acceptors (Lipinski definition) is 6. The molecule has 0 aromatic rings. The number of carbonyl (C=O) groups excluding carboxylic acids is 5. The quantitative estimate of drug-likeness (QED) is 0.265. The number of ether oxygens (including phenoxy) is 1. The molecule has 2 heterocycles. The molecule has 1 unspecified atom stereocenters. The smallest absolute Gasteiger partial charge is 0.407 e. The van der Waals surface area contributed by atoms with Gasteiger partial charge in [0.05, 0.1) is 12.0 Å². The second-order valence-corrected chi connectivity index (χ2v) is 11.5. The molecule has 2 aliphatic carbocycles. The number of fused-ring (bicyclic) bond motifs is 2. The van der Waals surface area contributed by atoms with Crippen molar-refractivity contribution in [2.45, 2.75) is 64.5 Å². The van der Waals surface area contributed by atoms with E-state index in [0.717, 1.165) is 13.0 Å². The van der Waals surface area contributed by atoms with Crippen LogP contribution >= 0.6 is 0 Å². The molecule has 10 heteroatoms. The minimum atomic E-state index is -0.894. The average Bonchev–Trinajstić information content (AvgIpc) is 3.64. The Balaban J connectivity index is 1.23. The summed E-state index contributed by atoms with van der Waals surface area (Å²) in [5.41, 5.74) is 0. The molecule has 204 valence electrons. The molecule has 0 aromatic carbocycles. The molecule has 10 nitrogen and oxygen atoms in total. The highest BCUT2D eigenvalue weighted by atomic mass is 16.5. The van der Waals surface area contributed by atoms with Crippen LogP contribution in [-0.4, -0.2) is 73.3 Å². The van der Waals surface area contributed by atoms with E-state index in [1.54, 1.807) is 0 Å². The van der Waals surface area contributed by atoms with Gasteiger partial charge in [0.15, 0.2) is 0 Å². The van der Waals surface area contributed by atoms with Gasteiger partial charge in [-0.1, -0.05) is 26.0 Å². The molecule has 1 saturated carbocycles. The number of aldehydes is 1. The zero-order valence-electron chi connectivity index (χ0n) is 21.8. The monoisotopic (exact) mass is 516 g/mol. The first kappa shape index (κ1) is 27.1. The molecule has 7 atom stereocenters. The van der Waals surface area contributed by atoms with E-state index in [-0.39, 0.29) is 42.6 Å². The van der Waals surface area contributed by atoms with E-state index >= 15 is 0 Å². The van der Waals surface area contributed by atoms with Gasteiger partial charge >= 0.3 is 6.09 Å². The first-order valence-electron chi connectivity index (χ1n) is 13.7. The summed E-state index contributed by atoms with van der Waals surface area (Å²) in [4.78, 5) is 63.6. The molecule has 3 N–H and O–H groups in total. The number of carbonyl (C=O) groups is 5. The van der Waals surface area contributed by atoms with E-state index in [4.69, 9.17) is 4.74 Å². The maximum Gasteiger partial charge on any atom is 0.407 e. The van der Waals surface area contributed by atoms with E-state index in [1.807, 2.05) is 18.7 Å². The van der Waals surface area contributed by atoms with Crippen molar-refractivity contribution in [2.24, 2.45) is 35.5 Å². The topological polar surface area (TPSA) is 134 Å². The van der Waals surface area contributed by atoms with Crippen LogP contribution in [0, 0.1) is 35.5 Å². The zero-order valence-corrected chi connectivity index (χ0v) is 21.8. The Morgan fingerprint density at radius 2 is 1.97 bits per heavy atom. The van der Waals surface area contributed by atoms with Gasteiger partial charge in [-0.2, -0.15) is 0 Å². The van der Waals surface area contributed by atoms with Crippen LogP contribution in [0.5, 0.6) is 0 Å². The first-order chi connectivity index (χ1) is 17.7. The van der Waals surface area contributed by atoms with Crippen molar-refractivity contribution in [3.05, 3.63) is 12.2 Å². The molecule has 2 bridgehead atoms. The fraction of sp³-hybridized carbons (Fsp3) is 0.741. The minimum absolute atomic E-state index is 0.0262. The molecular formula is C27H40N4O6. The fourth-order valence-electron chi connectivity index (χ4n) is 6.20.